The van der Waals surface area contributed by atoms with Crippen LogP contribution in [-0.2, 0) is 17.1 Å². The van der Waals surface area contributed by atoms with E-state index in [1.807, 2.05) is 0 Å². The number of hydrogen-bond acceptors (Lipinski definition) is 2. The van der Waals surface area contributed by atoms with E-state index in [4.69, 9.17) is 10.0 Å². The first-order chi connectivity index (χ1) is 6.30. The van der Waals surface area contributed by atoms with E-state index in [1.165, 1.54) is 0 Å². The molecule has 2 aromatic carbocycles. The minimum Gasteiger partial charge on any atom is -0.999 e. The molecule has 14 heavy (non-hydrogen) atoms. The smallest absolute Gasteiger partial charge is 0.227 e. The third-order valence-corrected chi connectivity index (χ3v) is 1.07. The molecule has 0 aromatic heterocycles. The third kappa shape index (κ3) is 5.05. The Labute approximate surface area is 94.6 Å². The molecule has 2 aromatic rings. The molecule has 0 aliphatic rings. The van der Waals surface area contributed by atoms with Crippen molar-refractivity contribution in [3.8, 4) is 0 Å². The summed E-state index contributed by atoms with van der Waals surface area (Å²) in [6.07, 6.45) is 0. The van der Waals surface area contributed by atoms with Crippen LogP contribution in [0.25, 0.3) is 0 Å². The van der Waals surface area contributed by atoms with Crippen molar-refractivity contribution in [2.45, 2.75) is 0 Å². The molecule has 0 aliphatic heterocycles. The maximum Gasteiger partial charge on any atom is 0.227 e. The van der Waals surface area contributed by atoms with Crippen LogP contribution >= 0.6 is 0 Å². The van der Waals surface area contributed by atoms with Gasteiger partial charge >= 0.3 is 0 Å². The first-order valence-electron chi connectivity index (χ1n) is 3.38. The molecule has 0 aliphatic carbocycles. The summed E-state index contributed by atoms with van der Waals surface area (Å²) >= 11 is 0. The molecule has 0 fully saturated rings. The van der Waals surface area contributed by atoms with Gasteiger partial charge in [-0.1, -0.05) is 0 Å². The molecule has 2 rings (SSSR count). The van der Waals surface area contributed by atoms with E-state index in [0.29, 0.717) is 0 Å². The van der Waals surface area contributed by atoms with Crippen molar-refractivity contribution in [2.24, 2.45) is 0 Å². The van der Waals surface area contributed by atoms with Gasteiger partial charge in [0.15, 0.2) is 0 Å². The molecule has 2 nitrogen and oxygen atoms in total. The van der Waals surface area contributed by atoms with Crippen LogP contribution in [0.1, 0.15) is 0 Å². The fraction of sp³-hybridized carbons (Fsp3) is 0. The summed E-state index contributed by atoms with van der Waals surface area (Å²) in [4.78, 5) is 0. The average molecular weight is 222 g/mol. The molecular weight excluding hydrogens is 219 g/mol. The van der Waals surface area contributed by atoms with Crippen LogP contribution in [0.2, 0.25) is 0 Å². The average Bonchev–Trinajstić information content (AvgIpc) is 2.82. The zero-order valence-corrected chi connectivity index (χ0v) is 8.01. The molecule has 0 atom stereocenters. The predicted molar refractivity (Wildman–Crippen MR) is 44.6 cm³/mol. The van der Waals surface area contributed by atoms with E-state index >= 15 is 0 Å². The van der Waals surface area contributed by atoms with Crippen molar-refractivity contribution in [1.82, 2.24) is 0 Å². The summed E-state index contributed by atoms with van der Waals surface area (Å²) in [6.45, 7) is 0. The monoisotopic (exact) mass is 222 g/mol. The van der Waals surface area contributed by atoms with Gasteiger partial charge in [0.1, 0.15) is 0 Å². The Morgan fingerprint density at radius 1 is 0.929 bits per heavy atom. The Hall–Kier alpha value is -0.796. The van der Waals surface area contributed by atoms with E-state index in [0.717, 1.165) is 0 Å². The summed E-state index contributed by atoms with van der Waals surface area (Å²) in [5, 5.41) is 16.7. The Kier molecular flexibility index (Phi) is 7.16. The van der Waals surface area contributed by atoms with Crippen LogP contribution < -0.4 is 5.46 Å². The van der Waals surface area contributed by atoms with Crippen molar-refractivity contribution < 1.29 is 27.1 Å². The first-order valence-corrected chi connectivity index (χ1v) is 3.38. The second-order valence-electron chi connectivity index (χ2n) is 1.97. The number of hydrogen-bond donors (Lipinski definition) is 2. The maximum atomic E-state index is 8.37. The molecule has 0 amide bonds. The van der Waals surface area contributed by atoms with Gasteiger partial charge in [-0.05, 0) is 0 Å². The van der Waals surface area contributed by atoms with Gasteiger partial charge in [-0.2, -0.15) is 0 Å². The normalized spacial score (nSPS) is 8.14. The van der Waals surface area contributed by atoms with Gasteiger partial charge < -0.3 is 70.1 Å². The van der Waals surface area contributed by atoms with Crippen LogP contribution in [-0.4, -0.2) is 17.2 Å². The van der Waals surface area contributed by atoms with E-state index in [1.54, 1.807) is 6.07 Å². The Morgan fingerprint density at radius 3 is 1.64 bits per heavy atom. The van der Waals surface area contributed by atoms with Gasteiger partial charge in [0, 0.05) is 17.1 Å². The molecule has 0 bridgehead atoms. The van der Waals surface area contributed by atoms with Gasteiger partial charge in [0.2, 0.25) is 7.12 Å². The molecule has 0 heterocycles. The van der Waals surface area contributed by atoms with Crippen LogP contribution in [0.3, 0.4) is 0 Å². The van der Waals surface area contributed by atoms with E-state index in [-0.39, 0.29) is 22.5 Å². The van der Waals surface area contributed by atoms with Crippen LogP contribution in [0.5, 0.6) is 0 Å². The Balaban J connectivity index is 0.000000246. The minimum absolute atomic E-state index is 0. The molecule has 0 spiro atoms. The summed E-state index contributed by atoms with van der Waals surface area (Å²) < 4.78 is 0. The third-order valence-electron chi connectivity index (χ3n) is 1.07. The fourth-order valence-electron chi connectivity index (χ4n) is 0.538. The summed E-state index contributed by atoms with van der Waals surface area (Å²) in [5.74, 6) is 0. The van der Waals surface area contributed by atoms with Crippen LogP contribution in [0, 0.1) is 48.5 Å². The van der Waals surface area contributed by atoms with Crippen LogP contribution in [0.15, 0.2) is 6.07 Å². The van der Waals surface area contributed by atoms with Gasteiger partial charge in [0.25, 0.3) is 0 Å². The Bertz CT molecular complexity index is 273. The summed E-state index contributed by atoms with van der Waals surface area (Å²) in [5.41, 5.74) is 0.185. The van der Waals surface area contributed by atoms with Crippen molar-refractivity contribution in [3.63, 3.8) is 0 Å². The number of rotatable bonds is 1. The molecule has 76 valence electrons. The Morgan fingerprint density at radius 2 is 1.43 bits per heavy atom. The van der Waals surface area contributed by atoms with Gasteiger partial charge in [-0.15, -0.1) is 0 Å². The molecular formula is C10H3BFeO2-10. The fourth-order valence-corrected chi connectivity index (χ4v) is 0.538. The zero-order valence-electron chi connectivity index (χ0n) is 6.90. The molecule has 0 unspecified atom stereocenters. The van der Waals surface area contributed by atoms with Gasteiger partial charge in [-0.3, -0.25) is 0 Å². The summed E-state index contributed by atoms with van der Waals surface area (Å²) in [6, 6.07) is 21.6. The largest absolute Gasteiger partial charge is 0.999 e. The zero-order chi connectivity index (χ0) is 9.52. The van der Waals surface area contributed by atoms with Crippen molar-refractivity contribution >= 4 is 12.6 Å². The van der Waals surface area contributed by atoms with Gasteiger partial charge in [-0.25, -0.2) is 0 Å². The van der Waals surface area contributed by atoms with Crippen molar-refractivity contribution in [2.75, 3.05) is 0 Å². The maximum absolute atomic E-state index is 8.37. The van der Waals surface area contributed by atoms with E-state index < -0.39 is 7.12 Å². The standard InChI is InChI=1S/C5H2BO2.C5H.Fe/c7-6(8)5-3-1-2-4-5;1-2-4-5-3-1;/h7-8H;1H;/q2*-5;. The molecule has 0 saturated carbocycles. The topological polar surface area (TPSA) is 40.5 Å². The van der Waals surface area contributed by atoms with Crippen molar-refractivity contribution in [1.29, 1.82) is 0 Å². The second-order valence-corrected chi connectivity index (χ2v) is 1.97. The van der Waals surface area contributed by atoms with Crippen LogP contribution in [0.4, 0.5) is 0 Å². The minimum atomic E-state index is -1.49. The predicted octanol–water partition coefficient (Wildman–Crippen LogP) is -1.11. The molecule has 0 radical (unpaired) electrons. The molecule has 2 N–H and O–H groups in total. The quantitative estimate of drug-likeness (QED) is 0.474. The van der Waals surface area contributed by atoms with Crippen molar-refractivity contribution in [3.05, 3.63) is 54.6 Å². The molecule has 0 saturated heterocycles. The van der Waals surface area contributed by atoms with Gasteiger partial charge in [0.05, 0.1) is 0 Å². The van der Waals surface area contributed by atoms with E-state index in [9.17, 15) is 0 Å². The molecule has 4 heteroatoms. The summed E-state index contributed by atoms with van der Waals surface area (Å²) in [7, 11) is -1.49. The van der Waals surface area contributed by atoms with E-state index in [2.05, 4.69) is 48.5 Å². The second kappa shape index (κ2) is 7.59. The first kappa shape index (κ1) is 13.2. The SMILES string of the molecule is OB(O)[c-]1[c-][c-][c-][c-]1.[Fe].[c-]1[c-][c-][cH-][c-]1.